The Morgan fingerprint density at radius 1 is 1.26 bits per heavy atom. The first kappa shape index (κ1) is 14.7. The lowest BCUT2D eigenvalue weighted by atomic mass is 10.4. The fourth-order valence-electron chi connectivity index (χ4n) is 1.21. The molecule has 0 amide bonds. The molecule has 0 aliphatic heterocycles. The van der Waals surface area contributed by atoms with Crippen LogP contribution in [0.4, 0.5) is 5.69 Å². The molecule has 10 heteroatoms. The average molecular weight is 360 g/mol. The highest BCUT2D eigenvalue weighted by Gasteiger charge is 2.22. The number of aromatic nitrogens is 1. The van der Waals surface area contributed by atoms with Crippen LogP contribution in [-0.4, -0.2) is 18.5 Å². The fraction of sp³-hybridized carbons (Fsp3) is 0. The second-order valence-corrected chi connectivity index (χ2v) is 7.64. The molecule has 0 aliphatic carbocycles. The van der Waals surface area contributed by atoms with Gasteiger partial charge in [0.05, 0.1) is 10.5 Å². The number of rotatable bonds is 3. The van der Waals surface area contributed by atoms with Gasteiger partial charge in [-0.1, -0.05) is 34.8 Å². The summed E-state index contributed by atoms with van der Waals surface area (Å²) in [4.78, 5) is 3.50. The maximum atomic E-state index is 12.1. The lowest BCUT2D eigenvalue weighted by molar-refractivity contribution is 0.477. The fourth-order valence-corrected chi connectivity index (χ4v) is 4.57. The van der Waals surface area contributed by atoms with Crippen LogP contribution in [0.3, 0.4) is 0 Å². The van der Waals surface area contributed by atoms with Crippen molar-refractivity contribution in [1.29, 1.82) is 0 Å². The van der Waals surface area contributed by atoms with Gasteiger partial charge in [0.2, 0.25) is 0 Å². The number of pyridine rings is 1. The molecule has 2 N–H and O–H groups in total. The third-order valence-electron chi connectivity index (χ3n) is 2.01. The van der Waals surface area contributed by atoms with Crippen molar-refractivity contribution in [3.63, 3.8) is 0 Å². The number of halogens is 3. The van der Waals surface area contributed by atoms with Crippen molar-refractivity contribution in [3.8, 4) is 5.75 Å². The van der Waals surface area contributed by atoms with E-state index in [2.05, 4.69) is 9.71 Å². The second kappa shape index (κ2) is 5.34. The van der Waals surface area contributed by atoms with Gasteiger partial charge in [-0.25, -0.2) is 13.4 Å². The largest absolute Gasteiger partial charge is 0.506 e. The van der Waals surface area contributed by atoms with E-state index in [0.29, 0.717) is 0 Å². The number of nitrogens with zero attached hydrogens (tertiary/aromatic N) is 1. The van der Waals surface area contributed by atoms with Gasteiger partial charge in [-0.15, -0.1) is 11.3 Å². The van der Waals surface area contributed by atoms with Crippen molar-refractivity contribution in [2.45, 2.75) is 4.90 Å². The number of thiophene rings is 1. The first-order chi connectivity index (χ1) is 8.79. The molecule has 0 fully saturated rings. The molecule has 102 valence electrons. The van der Waals surface area contributed by atoms with Crippen LogP contribution in [0.1, 0.15) is 0 Å². The number of sulfonamides is 1. The molecule has 0 aromatic carbocycles. The van der Waals surface area contributed by atoms with E-state index >= 15 is 0 Å². The molecule has 0 spiro atoms. The molecule has 2 aromatic heterocycles. The second-order valence-electron chi connectivity index (χ2n) is 3.32. The molecule has 0 atom stereocenters. The third-order valence-corrected chi connectivity index (χ3v) is 5.33. The van der Waals surface area contributed by atoms with Crippen LogP contribution in [0.25, 0.3) is 0 Å². The van der Waals surface area contributed by atoms with Gasteiger partial charge in [0, 0.05) is 6.07 Å². The van der Waals surface area contributed by atoms with E-state index < -0.39 is 10.0 Å². The zero-order valence-corrected chi connectivity index (χ0v) is 12.8. The molecular formula is C9H5Cl3N2O3S2. The molecule has 2 rings (SSSR count). The van der Waals surface area contributed by atoms with E-state index in [1.807, 2.05) is 0 Å². The van der Waals surface area contributed by atoms with Gasteiger partial charge >= 0.3 is 0 Å². The SMILES string of the molecule is O=S(=O)(Nc1cnc(Cl)cc1O)c1cc(Cl)sc1Cl. The monoisotopic (exact) mass is 358 g/mol. The van der Waals surface area contributed by atoms with E-state index in [9.17, 15) is 13.5 Å². The maximum absolute atomic E-state index is 12.1. The Bertz CT molecular complexity index is 730. The van der Waals surface area contributed by atoms with Gasteiger partial charge in [-0.3, -0.25) is 4.72 Å². The Hall–Kier alpha value is -0.730. The number of nitrogens with one attached hydrogen (secondary N) is 1. The van der Waals surface area contributed by atoms with Crippen molar-refractivity contribution < 1.29 is 13.5 Å². The smallest absolute Gasteiger partial charge is 0.264 e. The molecule has 19 heavy (non-hydrogen) atoms. The highest BCUT2D eigenvalue weighted by Crippen LogP contribution is 2.36. The van der Waals surface area contributed by atoms with Crippen molar-refractivity contribution in [1.82, 2.24) is 4.98 Å². The Labute approximate surface area is 127 Å². The molecule has 0 bridgehead atoms. The van der Waals surface area contributed by atoms with Crippen LogP contribution >= 0.6 is 46.1 Å². The summed E-state index contributed by atoms with van der Waals surface area (Å²) in [6.45, 7) is 0. The van der Waals surface area contributed by atoms with Crippen LogP contribution in [0.2, 0.25) is 13.8 Å². The van der Waals surface area contributed by atoms with Crippen molar-refractivity contribution in [2.75, 3.05) is 4.72 Å². The van der Waals surface area contributed by atoms with Crippen LogP contribution in [0, 0.1) is 0 Å². The minimum atomic E-state index is -3.96. The molecular weight excluding hydrogens is 355 g/mol. The molecule has 5 nitrogen and oxygen atoms in total. The lowest BCUT2D eigenvalue weighted by Gasteiger charge is -2.08. The highest BCUT2D eigenvalue weighted by molar-refractivity contribution is 7.93. The average Bonchev–Trinajstić information content (AvgIpc) is 2.63. The Kier molecular flexibility index (Phi) is 4.12. The van der Waals surface area contributed by atoms with Gasteiger partial charge in [0.1, 0.15) is 25.8 Å². The number of anilines is 1. The summed E-state index contributed by atoms with van der Waals surface area (Å²) in [5.41, 5.74) is -0.109. The predicted octanol–water partition coefficient (Wildman–Crippen LogP) is 3.61. The quantitative estimate of drug-likeness (QED) is 0.821. The van der Waals surface area contributed by atoms with Gasteiger partial charge in [0.15, 0.2) is 0 Å². The van der Waals surface area contributed by atoms with E-state index in [-0.39, 0.29) is 30.2 Å². The van der Waals surface area contributed by atoms with Crippen LogP contribution in [-0.2, 0) is 10.0 Å². The summed E-state index contributed by atoms with van der Waals surface area (Å²) in [6.07, 6.45) is 1.09. The van der Waals surface area contributed by atoms with Crippen molar-refractivity contribution in [3.05, 3.63) is 32.2 Å². The third kappa shape index (κ3) is 3.24. The van der Waals surface area contributed by atoms with Gasteiger partial charge in [-0.05, 0) is 6.07 Å². The Morgan fingerprint density at radius 3 is 2.47 bits per heavy atom. The summed E-state index contributed by atoms with van der Waals surface area (Å²) < 4.78 is 26.5. The van der Waals surface area contributed by atoms with Crippen LogP contribution in [0.5, 0.6) is 5.75 Å². The van der Waals surface area contributed by atoms with E-state index in [4.69, 9.17) is 34.8 Å². The summed E-state index contributed by atoms with van der Waals surface area (Å²) in [5.74, 6) is -0.346. The van der Waals surface area contributed by atoms with Gasteiger partial charge in [-0.2, -0.15) is 0 Å². The van der Waals surface area contributed by atoms with Gasteiger partial charge in [0.25, 0.3) is 10.0 Å². The lowest BCUT2D eigenvalue weighted by Crippen LogP contribution is -2.12. The van der Waals surface area contributed by atoms with Gasteiger partial charge < -0.3 is 5.11 Å². The summed E-state index contributed by atoms with van der Waals surface area (Å²) in [5, 5.41) is 9.61. The minimum absolute atomic E-state index is 0.0268. The summed E-state index contributed by atoms with van der Waals surface area (Å²) in [7, 11) is -3.96. The summed E-state index contributed by atoms with van der Waals surface area (Å²) in [6, 6.07) is 2.33. The van der Waals surface area contributed by atoms with E-state index in [1.54, 1.807) is 0 Å². The zero-order chi connectivity index (χ0) is 14.2. The van der Waals surface area contributed by atoms with Crippen LogP contribution < -0.4 is 4.72 Å². The Balaban J connectivity index is 2.39. The molecule has 0 unspecified atom stereocenters. The molecule has 2 heterocycles. The first-order valence-electron chi connectivity index (χ1n) is 4.62. The molecule has 0 aliphatic rings. The predicted molar refractivity (Wildman–Crippen MR) is 76.1 cm³/mol. The van der Waals surface area contributed by atoms with Crippen LogP contribution in [0.15, 0.2) is 23.2 Å². The standard InChI is InChI=1S/C9H5Cl3N2O3S2/c10-7-1-5(15)4(3-13-7)14-19(16,17)6-2-8(11)18-9(6)12/h1-3,14H,(H,13,15). The zero-order valence-electron chi connectivity index (χ0n) is 8.89. The topological polar surface area (TPSA) is 79.3 Å². The molecule has 0 radical (unpaired) electrons. The maximum Gasteiger partial charge on any atom is 0.264 e. The van der Waals surface area contributed by atoms with Crippen molar-refractivity contribution in [2.24, 2.45) is 0 Å². The minimum Gasteiger partial charge on any atom is -0.506 e. The Morgan fingerprint density at radius 2 is 1.95 bits per heavy atom. The number of hydrogen-bond acceptors (Lipinski definition) is 5. The molecule has 2 aromatic rings. The number of hydrogen-bond donors (Lipinski definition) is 2. The molecule has 0 saturated carbocycles. The first-order valence-corrected chi connectivity index (χ1v) is 8.05. The summed E-state index contributed by atoms with van der Waals surface area (Å²) >= 11 is 17.9. The number of aromatic hydroxyl groups is 1. The normalized spacial score (nSPS) is 11.5. The van der Waals surface area contributed by atoms with E-state index in [1.165, 1.54) is 6.07 Å². The van der Waals surface area contributed by atoms with E-state index in [0.717, 1.165) is 23.6 Å². The highest BCUT2D eigenvalue weighted by atomic mass is 35.5. The molecule has 0 saturated heterocycles. The van der Waals surface area contributed by atoms with Crippen molar-refractivity contribution >= 4 is 61.9 Å².